The van der Waals surface area contributed by atoms with Gasteiger partial charge in [-0.05, 0) is 44.1 Å². The van der Waals surface area contributed by atoms with E-state index in [2.05, 4.69) is 10.2 Å². The number of rotatable bonds is 6. The number of hydrogen-bond donors (Lipinski definition) is 1. The monoisotopic (exact) mass is 313 g/mol. The summed E-state index contributed by atoms with van der Waals surface area (Å²) in [5, 5.41) is 2.94. The van der Waals surface area contributed by atoms with Crippen molar-refractivity contribution < 1.29 is 26.7 Å². The van der Waals surface area contributed by atoms with Gasteiger partial charge in [-0.25, -0.2) is 0 Å². The lowest BCUT2D eigenvalue weighted by atomic mass is 10.2. The zero-order valence-electron chi connectivity index (χ0n) is 12.5. The van der Waals surface area contributed by atoms with Crippen LogP contribution in [-0.2, 0) is 0 Å². The van der Waals surface area contributed by atoms with Crippen LogP contribution in [0.3, 0.4) is 0 Å². The van der Waals surface area contributed by atoms with Crippen molar-refractivity contribution >= 4 is 5.91 Å². The molecule has 0 atom stereocenters. The standard InChI is InChI=1S/C15H22N2O3.ClH/c1-19-13-6-5-12(11-14(13)20-2)15(18)16-7-10-17-8-3-4-9-17;/h5-6,11H,3-4,7-10H2,1-2H3,(H,16,18);1H/p-1. The summed E-state index contributed by atoms with van der Waals surface area (Å²) in [4.78, 5) is 14.4. The molecule has 2 rings (SSSR count). The molecule has 0 aliphatic carbocycles. The van der Waals surface area contributed by atoms with Gasteiger partial charge >= 0.3 is 0 Å². The molecule has 1 heterocycles. The number of carbonyl (C=O) groups excluding carboxylic acids is 1. The molecule has 1 aliphatic heterocycles. The van der Waals surface area contributed by atoms with Gasteiger partial charge in [0.1, 0.15) is 0 Å². The van der Waals surface area contributed by atoms with Crippen LogP contribution in [0.25, 0.3) is 0 Å². The van der Waals surface area contributed by atoms with E-state index in [9.17, 15) is 4.79 Å². The predicted molar refractivity (Wildman–Crippen MR) is 77.6 cm³/mol. The van der Waals surface area contributed by atoms with E-state index in [1.807, 2.05) is 0 Å². The van der Waals surface area contributed by atoms with Crippen molar-refractivity contribution in [3.05, 3.63) is 23.8 Å². The highest BCUT2D eigenvalue weighted by Gasteiger charge is 2.13. The van der Waals surface area contributed by atoms with E-state index in [1.54, 1.807) is 32.4 Å². The van der Waals surface area contributed by atoms with Crippen LogP contribution < -0.4 is 27.2 Å². The van der Waals surface area contributed by atoms with Gasteiger partial charge in [0.25, 0.3) is 5.91 Å². The molecule has 0 bridgehead atoms. The van der Waals surface area contributed by atoms with Crippen molar-refractivity contribution in [2.75, 3.05) is 40.4 Å². The van der Waals surface area contributed by atoms with Crippen LogP contribution in [-0.4, -0.2) is 51.2 Å². The highest BCUT2D eigenvalue weighted by atomic mass is 35.5. The molecule has 21 heavy (non-hydrogen) atoms. The van der Waals surface area contributed by atoms with Crippen LogP contribution in [0, 0.1) is 0 Å². The maximum atomic E-state index is 12.1. The molecule has 1 aromatic carbocycles. The molecule has 1 aliphatic rings. The molecule has 118 valence electrons. The van der Waals surface area contributed by atoms with Gasteiger partial charge in [0.15, 0.2) is 11.5 Å². The van der Waals surface area contributed by atoms with Crippen LogP contribution in [0.4, 0.5) is 0 Å². The SMILES string of the molecule is COc1ccc(C(=O)NCCN2CCCC2)cc1OC.[Cl-]. The third-order valence-electron chi connectivity index (χ3n) is 3.56. The van der Waals surface area contributed by atoms with Gasteiger partial charge in [-0.1, -0.05) is 0 Å². The molecule has 0 spiro atoms. The van der Waals surface area contributed by atoms with Crippen molar-refractivity contribution in [2.45, 2.75) is 12.8 Å². The molecule has 1 fully saturated rings. The van der Waals surface area contributed by atoms with E-state index in [0.717, 1.165) is 19.6 Å². The van der Waals surface area contributed by atoms with E-state index in [-0.39, 0.29) is 18.3 Å². The number of carbonyl (C=O) groups is 1. The molecule has 1 aromatic rings. The first-order valence-electron chi connectivity index (χ1n) is 6.97. The van der Waals surface area contributed by atoms with Gasteiger partial charge in [0, 0.05) is 18.7 Å². The zero-order valence-corrected chi connectivity index (χ0v) is 13.3. The van der Waals surface area contributed by atoms with Crippen LogP contribution >= 0.6 is 0 Å². The summed E-state index contributed by atoms with van der Waals surface area (Å²) in [5.41, 5.74) is 0.587. The van der Waals surface area contributed by atoms with E-state index >= 15 is 0 Å². The molecule has 6 heteroatoms. The Morgan fingerprint density at radius 3 is 2.48 bits per heavy atom. The Balaban J connectivity index is 0.00000220. The Bertz CT molecular complexity index is 462. The molecule has 0 radical (unpaired) electrons. The fourth-order valence-corrected chi connectivity index (χ4v) is 2.41. The topological polar surface area (TPSA) is 50.8 Å². The Morgan fingerprint density at radius 1 is 1.19 bits per heavy atom. The maximum Gasteiger partial charge on any atom is 0.251 e. The van der Waals surface area contributed by atoms with E-state index in [4.69, 9.17) is 9.47 Å². The van der Waals surface area contributed by atoms with Gasteiger partial charge in [-0.15, -0.1) is 0 Å². The molecule has 0 unspecified atom stereocenters. The van der Waals surface area contributed by atoms with Crippen molar-refractivity contribution in [2.24, 2.45) is 0 Å². The number of methoxy groups -OCH3 is 2. The molecule has 1 N–H and O–H groups in total. The first-order valence-corrected chi connectivity index (χ1v) is 6.97. The van der Waals surface area contributed by atoms with Crippen molar-refractivity contribution in [1.29, 1.82) is 0 Å². The average Bonchev–Trinajstić information content (AvgIpc) is 2.99. The second-order valence-corrected chi connectivity index (χ2v) is 4.87. The van der Waals surface area contributed by atoms with Crippen molar-refractivity contribution in [3.63, 3.8) is 0 Å². The molecular weight excluding hydrogens is 292 g/mol. The second kappa shape index (κ2) is 8.74. The summed E-state index contributed by atoms with van der Waals surface area (Å²) < 4.78 is 10.4. The minimum absolute atomic E-state index is 0. The highest BCUT2D eigenvalue weighted by Crippen LogP contribution is 2.27. The normalized spacial score (nSPS) is 14.4. The summed E-state index contributed by atoms with van der Waals surface area (Å²) in [6.07, 6.45) is 2.53. The smallest absolute Gasteiger partial charge is 0.251 e. The first-order chi connectivity index (χ1) is 9.74. The van der Waals surface area contributed by atoms with Crippen molar-refractivity contribution in [1.82, 2.24) is 10.2 Å². The van der Waals surface area contributed by atoms with Gasteiger partial charge in [-0.3, -0.25) is 4.79 Å². The summed E-state index contributed by atoms with van der Waals surface area (Å²) in [6, 6.07) is 5.19. The van der Waals surface area contributed by atoms with Gasteiger partial charge in [0.2, 0.25) is 0 Å². The fraction of sp³-hybridized carbons (Fsp3) is 0.533. The van der Waals surface area contributed by atoms with Crippen LogP contribution in [0.15, 0.2) is 18.2 Å². The molecular formula is C15H22ClN2O3-. The second-order valence-electron chi connectivity index (χ2n) is 4.87. The largest absolute Gasteiger partial charge is 1.00 e. The minimum Gasteiger partial charge on any atom is -1.00 e. The third-order valence-corrected chi connectivity index (χ3v) is 3.56. The van der Waals surface area contributed by atoms with E-state index in [0.29, 0.717) is 23.6 Å². The number of ether oxygens (including phenoxy) is 2. The Labute approximate surface area is 132 Å². The quantitative estimate of drug-likeness (QED) is 0.697. The van der Waals surface area contributed by atoms with Gasteiger partial charge in [0.05, 0.1) is 14.2 Å². The molecule has 5 nitrogen and oxygen atoms in total. The first kappa shape index (κ1) is 17.6. The lowest BCUT2D eigenvalue weighted by molar-refractivity contribution is -0.0000130. The summed E-state index contributed by atoms with van der Waals surface area (Å²) in [7, 11) is 3.14. The maximum absolute atomic E-state index is 12.1. The molecule has 1 saturated heterocycles. The van der Waals surface area contributed by atoms with E-state index in [1.165, 1.54) is 12.8 Å². The average molecular weight is 314 g/mol. The summed E-state index contributed by atoms with van der Waals surface area (Å²) in [5.74, 6) is 1.12. The number of hydrogen-bond acceptors (Lipinski definition) is 4. The van der Waals surface area contributed by atoms with E-state index < -0.39 is 0 Å². The molecule has 0 saturated carbocycles. The van der Waals surface area contributed by atoms with Crippen LogP contribution in [0.5, 0.6) is 11.5 Å². The number of benzene rings is 1. The highest BCUT2D eigenvalue weighted by molar-refractivity contribution is 5.94. The fourth-order valence-electron chi connectivity index (χ4n) is 2.41. The van der Waals surface area contributed by atoms with Crippen molar-refractivity contribution in [3.8, 4) is 11.5 Å². The van der Waals surface area contributed by atoms with Crippen LogP contribution in [0.2, 0.25) is 0 Å². The summed E-state index contributed by atoms with van der Waals surface area (Å²) in [6.45, 7) is 3.88. The molecule has 0 aromatic heterocycles. The number of amides is 1. The number of halogens is 1. The number of nitrogens with one attached hydrogen (secondary N) is 1. The lowest BCUT2D eigenvalue weighted by Crippen LogP contribution is -3.00. The molecule has 1 amide bonds. The van der Waals surface area contributed by atoms with Crippen LogP contribution in [0.1, 0.15) is 23.2 Å². The van der Waals surface area contributed by atoms with Gasteiger partial charge < -0.3 is 32.1 Å². The third kappa shape index (κ3) is 4.79. The number of likely N-dealkylation sites (tertiary alicyclic amines) is 1. The Kier molecular flexibility index (Phi) is 7.32. The zero-order chi connectivity index (χ0) is 14.4. The van der Waals surface area contributed by atoms with Gasteiger partial charge in [-0.2, -0.15) is 0 Å². The minimum atomic E-state index is -0.0786. The number of nitrogens with zero attached hydrogens (tertiary/aromatic N) is 1. The Morgan fingerprint density at radius 2 is 1.86 bits per heavy atom. The lowest BCUT2D eigenvalue weighted by Gasteiger charge is -2.15. The summed E-state index contributed by atoms with van der Waals surface area (Å²) >= 11 is 0. The predicted octanol–water partition coefficient (Wildman–Crippen LogP) is -1.47. The Hall–Kier alpha value is -1.46.